The van der Waals surface area contributed by atoms with Gasteiger partial charge in [0.1, 0.15) is 6.04 Å². The predicted molar refractivity (Wildman–Crippen MR) is 78.6 cm³/mol. The van der Waals surface area contributed by atoms with Gasteiger partial charge in [-0.2, -0.15) is 0 Å². The molecule has 1 aromatic carbocycles. The first-order valence-electron chi connectivity index (χ1n) is 6.81. The van der Waals surface area contributed by atoms with Crippen LogP contribution in [0.15, 0.2) is 18.2 Å². The lowest BCUT2D eigenvalue weighted by molar-refractivity contribution is -0.143. The fourth-order valence-electron chi connectivity index (χ4n) is 1.95. The smallest absolute Gasteiger partial charge is 0.328 e. The van der Waals surface area contributed by atoms with Crippen molar-refractivity contribution in [3.63, 3.8) is 0 Å². The fourth-order valence-corrected chi connectivity index (χ4v) is 1.95. The fraction of sp³-hybridized carbons (Fsp3) is 0.500. The number of benzene rings is 1. The van der Waals surface area contributed by atoms with E-state index in [9.17, 15) is 9.59 Å². The van der Waals surface area contributed by atoms with E-state index < -0.39 is 12.0 Å². The number of hydrogen-bond acceptors (Lipinski definition) is 3. The number of aryl methyl sites for hydroxylation is 2. The van der Waals surface area contributed by atoms with E-state index in [2.05, 4.69) is 5.32 Å². The highest BCUT2D eigenvalue weighted by molar-refractivity contribution is 5.97. The van der Waals surface area contributed by atoms with Gasteiger partial charge >= 0.3 is 5.97 Å². The molecule has 1 aromatic rings. The minimum absolute atomic E-state index is 0.246. The van der Waals surface area contributed by atoms with E-state index in [0.29, 0.717) is 17.9 Å². The molecule has 0 fully saturated rings. The number of amides is 1. The molecule has 110 valence electrons. The van der Waals surface area contributed by atoms with Crippen LogP contribution in [0.1, 0.15) is 41.8 Å². The van der Waals surface area contributed by atoms with Crippen LogP contribution < -0.4 is 5.32 Å². The van der Waals surface area contributed by atoms with E-state index in [4.69, 9.17) is 4.74 Å². The Hall–Kier alpha value is -1.84. The molecule has 4 heteroatoms. The standard InChI is InChI=1S/C16H23NO3/c1-10(2)8-14(16(19)20-5)17-15(18)13-7-6-11(3)12(4)9-13/h6-7,9-10,14H,8H2,1-5H3,(H,17,18)/t14-/m0/s1. The third kappa shape index (κ3) is 4.37. The van der Waals surface area contributed by atoms with Crippen molar-refractivity contribution >= 4 is 11.9 Å². The largest absolute Gasteiger partial charge is 0.467 e. The predicted octanol–water partition coefficient (Wildman–Crippen LogP) is 2.62. The first kappa shape index (κ1) is 16.2. The highest BCUT2D eigenvalue weighted by Crippen LogP contribution is 2.11. The van der Waals surface area contributed by atoms with Crippen molar-refractivity contribution < 1.29 is 14.3 Å². The lowest BCUT2D eigenvalue weighted by atomic mass is 10.0. The summed E-state index contributed by atoms with van der Waals surface area (Å²) in [5, 5.41) is 2.75. The van der Waals surface area contributed by atoms with Gasteiger partial charge < -0.3 is 10.1 Å². The van der Waals surface area contributed by atoms with E-state index in [1.807, 2.05) is 39.8 Å². The van der Waals surface area contributed by atoms with Gasteiger partial charge in [0.05, 0.1) is 7.11 Å². The average molecular weight is 277 g/mol. The number of ether oxygens (including phenoxy) is 1. The molecule has 0 saturated carbocycles. The summed E-state index contributed by atoms with van der Waals surface area (Å²) in [6.45, 7) is 7.95. The lowest BCUT2D eigenvalue weighted by Crippen LogP contribution is -2.42. The zero-order chi connectivity index (χ0) is 15.3. The van der Waals surface area contributed by atoms with Crippen molar-refractivity contribution in [1.82, 2.24) is 5.32 Å². The number of rotatable bonds is 5. The molecule has 0 unspecified atom stereocenters. The van der Waals surface area contributed by atoms with E-state index in [-0.39, 0.29) is 5.91 Å². The summed E-state index contributed by atoms with van der Waals surface area (Å²) < 4.78 is 4.74. The second-order valence-corrected chi connectivity index (χ2v) is 5.48. The van der Waals surface area contributed by atoms with Gasteiger partial charge in [-0.05, 0) is 49.4 Å². The minimum Gasteiger partial charge on any atom is -0.467 e. The Bertz CT molecular complexity index is 494. The molecular weight excluding hydrogens is 254 g/mol. The molecule has 1 rings (SSSR count). The molecule has 0 aliphatic carbocycles. The summed E-state index contributed by atoms with van der Waals surface area (Å²) in [5.74, 6) is -0.362. The van der Waals surface area contributed by atoms with E-state index in [1.165, 1.54) is 7.11 Å². The Labute approximate surface area is 120 Å². The molecule has 0 bridgehead atoms. The van der Waals surface area contributed by atoms with Crippen LogP contribution in [0.4, 0.5) is 0 Å². The summed E-state index contributed by atoms with van der Waals surface area (Å²) in [6, 6.07) is 4.89. The maximum Gasteiger partial charge on any atom is 0.328 e. The molecule has 0 spiro atoms. The Morgan fingerprint density at radius 3 is 2.35 bits per heavy atom. The summed E-state index contributed by atoms with van der Waals surface area (Å²) in [5.41, 5.74) is 2.75. The van der Waals surface area contributed by atoms with Crippen LogP contribution in [-0.2, 0) is 9.53 Å². The van der Waals surface area contributed by atoms with Crippen LogP contribution in [0.2, 0.25) is 0 Å². The quantitative estimate of drug-likeness (QED) is 0.842. The summed E-state index contributed by atoms with van der Waals surface area (Å²) >= 11 is 0. The topological polar surface area (TPSA) is 55.4 Å². The number of hydrogen-bond donors (Lipinski definition) is 1. The van der Waals surface area contributed by atoms with Gasteiger partial charge in [-0.15, -0.1) is 0 Å². The summed E-state index contributed by atoms with van der Waals surface area (Å²) in [6.07, 6.45) is 0.559. The molecule has 0 aromatic heterocycles. The molecule has 0 heterocycles. The lowest BCUT2D eigenvalue weighted by Gasteiger charge is -2.18. The maximum atomic E-state index is 12.2. The molecule has 4 nitrogen and oxygen atoms in total. The van der Waals surface area contributed by atoms with Gasteiger partial charge in [-0.25, -0.2) is 4.79 Å². The van der Waals surface area contributed by atoms with Crippen LogP contribution in [0.25, 0.3) is 0 Å². The maximum absolute atomic E-state index is 12.2. The minimum atomic E-state index is -0.603. The summed E-state index contributed by atoms with van der Waals surface area (Å²) in [4.78, 5) is 23.9. The van der Waals surface area contributed by atoms with Crippen LogP contribution >= 0.6 is 0 Å². The van der Waals surface area contributed by atoms with Crippen molar-refractivity contribution in [2.45, 2.75) is 40.2 Å². The van der Waals surface area contributed by atoms with E-state index >= 15 is 0 Å². The highest BCUT2D eigenvalue weighted by Gasteiger charge is 2.23. The molecule has 20 heavy (non-hydrogen) atoms. The molecule has 0 radical (unpaired) electrons. The Morgan fingerprint density at radius 2 is 1.85 bits per heavy atom. The van der Waals surface area contributed by atoms with Gasteiger partial charge in [0.25, 0.3) is 5.91 Å². The van der Waals surface area contributed by atoms with Crippen molar-refractivity contribution in [2.24, 2.45) is 5.92 Å². The van der Waals surface area contributed by atoms with Crippen LogP contribution in [0.3, 0.4) is 0 Å². The Kier molecular flexibility index (Phi) is 5.74. The monoisotopic (exact) mass is 277 g/mol. The SMILES string of the molecule is COC(=O)[C@H](CC(C)C)NC(=O)c1ccc(C)c(C)c1. The second-order valence-electron chi connectivity index (χ2n) is 5.48. The highest BCUT2D eigenvalue weighted by atomic mass is 16.5. The zero-order valence-corrected chi connectivity index (χ0v) is 12.8. The van der Waals surface area contributed by atoms with Crippen molar-refractivity contribution in [3.05, 3.63) is 34.9 Å². The van der Waals surface area contributed by atoms with Crippen LogP contribution in [0, 0.1) is 19.8 Å². The van der Waals surface area contributed by atoms with Crippen LogP contribution in [-0.4, -0.2) is 25.0 Å². The van der Waals surface area contributed by atoms with Gasteiger partial charge in [-0.1, -0.05) is 19.9 Å². The number of carbonyl (C=O) groups excluding carboxylic acids is 2. The van der Waals surface area contributed by atoms with Gasteiger partial charge in [0, 0.05) is 5.56 Å². The number of methoxy groups -OCH3 is 1. The molecule has 0 aliphatic heterocycles. The van der Waals surface area contributed by atoms with Gasteiger partial charge in [0.15, 0.2) is 0 Å². The van der Waals surface area contributed by atoms with E-state index in [0.717, 1.165) is 11.1 Å². The molecule has 0 saturated heterocycles. The first-order valence-corrected chi connectivity index (χ1v) is 6.81. The van der Waals surface area contributed by atoms with Crippen molar-refractivity contribution in [2.75, 3.05) is 7.11 Å². The molecule has 1 N–H and O–H groups in total. The van der Waals surface area contributed by atoms with Crippen molar-refractivity contribution in [3.8, 4) is 0 Å². The normalized spacial score (nSPS) is 12.1. The van der Waals surface area contributed by atoms with Gasteiger partial charge in [0.2, 0.25) is 0 Å². The van der Waals surface area contributed by atoms with Crippen LogP contribution in [0.5, 0.6) is 0 Å². The number of nitrogens with one attached hydrogen (secondary N) is 1. The molecule has 0 aliphatic rings. The Balaban J connectivity index is 2.84. The van der Waals surface area contributed by atoms with Crippen molar-refractivity contribution in [1.29, 1.82) is 0 Å². The molecule has 1 amide bonds. The zero-order valence-electron chi connectivity index (χ0n) is 12.8. The third-order valence-corrected chi connectivity index (χ3v) is 3.27. The molecular formula is C16H23NO3. The van der Waals surface area contributed by atoms with Gasteiger partial charge in [-0.3, -0.25) is 4.79 Å². The second kappa shape index (κ2) is 7.08. The van der Waals surface area contributed by atoms with E-state index in [1.54, 1.807) is 6.07 Å². The number of carbonyl (C=O) groups is 2. The Morgan fingerprint density at radius 1 is 1.20 bits per heavy atom. The first-order chi connectivity index (χ1) is 9.35. The number of esters is 1. The average Bonchev–Trinajstić information content (AvgIpc) is 2.39. The molecule has 1 atom stereocenters. The third-order valence-electron chi connectivity index (χ3n) is 3.27. The summed E-state index contributed by atoms with van der Waals surface area (Å²) in [7, 11) is 1.33.